The molecule has 0 atom stereocenters. The topological polar surface area (TPSA) is 55.8 Å². The van der Waals surface area contributed by atoms with Gasteiger partial charge < -0.3 is 9.47 Å². The van der Waals surface area contributed by atoms with Gasteiger partial charge in [0.1, 0.15) is 6.61 Å². The number of carbonyl (C=O) groups is 2. The zero-order valence-corrected chi connectivity index (χ0v) is 18.4. The smallest absolute Gasteiger partial charge is 0.293 e. The Balaban J connectivity index is 1.85. The van der Waals surface area contributed by atoms with Crippen molar-refractivity contribution >= 4 is 40.6 Å². The Hall–Kier alpha value is -2.70. The standard InChI is InChI=1S/C23H22ClNO4S/c1-4-10-25-22(26)20(30-23(25)27)13-17-11-18(24)21(19(12-17)28-5-2)29-14-16-8-6-15(3)7-9-16/h4,6-9,11-13H,1,5,10,14H2,2-3H3/b20-13+. The van der Waals surface area contributed by atoms with Crippen LogP contribution in [0.3, 0.4) is 0 Å². The number of amides is 2. The second-order valence-corrected chi connectivity index (χ2v) is 8.02. The van der Waals surface area contributed by atoms with E-state index in [4.69, 9.17) is 21.1 Å². The van der Waals surface area contributed by atoms with Crippen molar-refractivity contribution in [2.45, 2.75) is 20.5 Å². The van der Waals surface area contributed by atoms with Crippen LogP contribution in [-0.4, -0.2) is 29.2 Å². The first kappa shape index (κ1) is 22.0. The van der Waals surface area contributed by atoms with Gasteiger partial charge in [-0.05, 0) is 54.9 Å². The highest BCUT2D eigenvalue weighted by atomic mass is 35.5. The summed E-state index contributed by atoms with van der Waals surface area (Å²) in [5, 5.41) is 0.0463. The predicted molar refractivity (Wildman–Crippen MR) is 121 cm³/mol. The predicted octanol–water partition coefficient (Wildman–Crippen LogP) is 5.85. The maximum atomic E-state index is 12.4. The molecule has 1 aliphatic heterocycles. The SMILES string of the molecule is C=CCN1C(=O)S/C(=C/c2cc(Cl)c(OCc3ccc(C)cc3)c(OCC)c2)C1=O. The lowest BCUT2D eigenvalue weighted by molar-refractivity contribution is -0.122. The van der Waals surface area contributed by atoms with E-state index in [2.05, 4.69) is 6.58 Å². The summed E-state index contributed by atoms with van der Waals surface area (Å²) in [5.41, 5.74) is 2.84. The molecule has 30 heavy (non-hydrogen) atoms. The van der Waals surface area contributed by atoms with Gasteiger partial charge in [0.25, 0.3) is 11.1 Å². The molecule has 0 N–H and O–H groups in total. The number of thioether (sulfide) groups is 1. The van der Waals surface area contributed by atoms with Gasteiger partial charge in [-0.2, -0.15) is 0 Å². The molecule has 0 saturated carbocycles. The summed E-state index contributed by atoms with van der Waals surface area (Å²) >= 11 is 7.36. The van der Waals surface area contributed by atoms with Crippen LogP contribution < -0.4 is 9.47 Å². The van der Waals surface area contributed by atoms with Crippen LogP contribution in [0.15, 0.2) is 54.0 Å². The van der Waals surface area contributed by atoms with Crippen LogP contribution in [0, 0.1) is 6.92 Å². The minimum atomic E-state index is -0.348. The number of ether oxygens (including phenoxy) is 2. The van der Waals surface area contributed by atoms with Gasteiger partial charge in [0.2, 0.25) is 0 Å². The maximum Gasteiger partial charge on any atom is 0.293 e. The van der Waals surface area contributed by atoms with Gasteiger partial charge in [-0.1, -0.05) is 47.5 Å². The Kier molecular flexibility index (Phi) is 7.24. The molecule has 2 aromatic carbocycles. The summed E-state index contributed by atoms with van der Waals surface area (Å²) in [6.45, 7) is 8.42. The fourth-order valence-corrected chi connectivity index (χ4v) is 3.97. The average Bonchev–Trinajstić information content (AvgIpc) is 2.97. The van der Waals surface area contributed by atoms with Crippen molar-refractivity contribution in [3.05, 3.63) is 75.7 Å². The fourth-order valence-electron chi connectivity index (χ4n) is 2.85. The van der Waals surface area contributed by atoms with Crippen LogP contribution in [0.2, 0.25) is 5.02 Å². The fraction of sp³-hybridized carbons (Fsp3) is 0.217. The number of aryl methyl sites for hydroxylation is 1. The van der Waals surface area contributed by atoms with E-state index in [0.29, 0.717) is 40.2 Å². The van der Waals surface area contributed by atoms with Crippen LogP contribution in [-0.2, 0) is 11.4 Å². The van der Waals surface area contributed by atoms with Crippen molar-refractivity contribution in [2.75, 3.05) is 13.2 Å². The molecule has 2 amide bonds. The molecule has 0 aliphatic carbocycles. The van der Waals surface area contributed by atoms with Crippen LogP contribution in [0.1, 0.15) is 23.6 Å². The molecule has 156 valence electrons. The molecular formula is C23H22ClNO4S. The van der Waals surface area contributed by atoms with E-state index in [-0.39, 0.29) is 17.7 Å². The highest BCUT2D eigenvalue weighted by Crippen LogP contribution is 2.39. The molecule has 0 unspecified atom stereocenters. The minimum absolute atomic E-state index is 0.179. The molecule has 5 nitrogen and oxygen atoms in total. The van der Waals surface area contributed by atoms with Crippen molar-refractivity contribution in [3.8, 4) is 11.5 Å². The molecule has 1 fully saturated rings. The molecule has 0 aromatic heterocycles. The molecule has 0 spiro atoms. The normalized spacial score (nSPS) is 15.0. The van der Waals surface area contributed by atoms with Gasteiger partial charge in [-0.25, -0.2) is 0 Å². The third kappa shape index (κ3) is 5.07. The number of rotatable bonds is 8. The van der Waals surface area contributed by atoms with E-state index < -0.39 is 0 Å². The average molecular weight is 444 g/mol. The number of carbonyl (C=O) groups excluding carboxylic acids is 2. The number of benzene rings is 2. The van der Waals surface area contributed by atoms with Gasteiger partial charge in [-0.3, -0.25) is 14.5 Å². The molecule has 7 heteroatoms. The van der Waals surface area contributed by atoms with E-state index in [1.54, 1.807) is 18.2 Å². The first-order valence-corrected chi connectivity index (χ1v) is 10.6. The highest BCUT2D eigenvalue weighted by molar-refractivity contribution is 8.18. The lowest BCUT2D eigenvalue weighted by Gasteiger charge is -2.15. The Bertz CT molecular complexity index is 1000. The Labute approximate surface area is 185 Å². The molecule has 0 radical (unpaired) electrons. The molecule has 2 aromatic rings. The van der Waals surface area contributed by atoms with Gasteiger partial charge in [0.05, 0.1) is 16.5 Å². The Morgan fingerprint density at radius 3 is 2.57 bits per heavy atom. The summed E-state index contributed by atoms with van der Waals surface area (Å²) in [6.07, 6.45) is 3.15. The second kappa shape index (κ2) is 9.87. The van der Waals surface area contributed by atoms with Gasteiger partial charge >= 0.3 is 0 Å². The summed E-state index contributed by atoms with van der Waals surface area (Å²) in [7, 11) is 0. The number of imide groups is 1. The van der Waals surface area contributed by atoms with Crippen molar-refractivity contribution in [1.82, 2.24) is 4.90 Å². The summed E-state index contributed by atoms with van der Waals surface area (Å²) in [5.74, 6) is 0.573. The van der Waals surface area contributed by atoms with Crippen molar-refractivity contribution in [3.63, 3.8) is 0 Å². The van der Waals surface area contributed by atoms with Crippen LogP contribution in [0.25, 0.3) is 6.08 Å². The quantitative estimate of drug-likeness (QED) is 0.378. The van der Waals surface area contributed by atoms with E-state index in [1.165, 1.54) is 11.6 Å². The Morgan fingerprint density at radius 2 is 1.90 bits per heavy atom. The summed E-state index contributed by atoms with van der Waals surface area (Å²) in [6, 6.07) is 11.5. The zero-order valence-electron chi connectivity index (χ0n) is 16.8. The summed E-state index contributed by atoms with van der Waals surface area (Å²) < 4.78 is 11.7. The molecule has 1 aliphatic rings. The number of hydrogen-bond acceptors (Lipinski definition) is 5. The molecule has 3 rings (SSSR count). The van der Waals surface area contributed by atoms with Crippen molar-refractivity contribution in [2.24, 2.45) is 0 Å². The third-order valence-electron chi connectivity index (χ3n) is 4.32. The number of nitrogens with zero attached hydrogens (tertiary/aromatic N) is 1. The first-order valence-electron chi connectivity index (χ1n) is 9.44. The highest BCUT2D eigenvalue weighted by Gasteiger charge is 2.34. The molecular weight excluding hydrogens is 422 g/mol. The van der Waals surface area contributed by atoms with Crippen molar-refractivity contribution < 1.29 is 19.1 Å². The zero-order chi connectivity index (χ0) is 21.7. The maximum absolute atomic E-state index is 12.4. The van der Waals surface area contributed by atoms with E-state index in [9.17, 15) is 9.59 Å². The summed E-state index contributed by atoms with van der Waals surface area (Å²) in [4.78, 5) is 25.9. The van der Waals surface area contributed by atoms with Crippen LogP contribution >= 0.6 is 23.4 Å². The Morgan fingerprint density at radius 1 is 1.17 bits per heavy atom. The number of hydrogen-bond donors (Lipinski definition) is 0. The largest absolute Gasteiger partial charge is 0.490 e. The second-order valence-electron chi connectivity index (χ2n) is 6.62. The monoisotopic (exact) mass is 443 g/mol. The molecule has 1 heterocycles. The first-order chi connectivity index (χ1) is 14.4. The number of halogens is 1. The minimum Gasteiger partial charge on any atom is -0.490 e. The molecule has 1 saturated heterocycles. The van der Waals surface area contributed by atoms with E-state index in [1.807, 2.05) is 38.1 Å². The lowest BCUT2D eigenvalue weighted by Crippen LogP contribution is -2.27. The van der Waals surface area contributed by atoms with Gasteiger partial charge in [0.15, 0.2) is 11.5 Å². The third-order valence-corrected chi connectivity index (χ3v) is 5.51. The van der Waals surface area contributed by atoms with Crippen molar-refractivity contribution in [1.29, 1.82) is 0 Å². The molecule has 0 bridgehead atoms. The van der Waals surface area contributed by atoms with E-state index in [0.717, 1.165) is 22.2 Å². The van der Waals surface area contributed by atoms with Crippen LogP contribution in [0.5, 0.6) is 11.5 Å². The van der Waals surface area contributed by atoms with Crippen LogP contribution in [0.4, 0.5) is 4.79 Å². The van der Waals surface area contributed by atoms with Gasteiger partial charge in [-0.15, -0.1) is 6.58 Å². The lowest BCUT2D eigenvalue weighted by atomic mass is 10.1. The van der Waals surface area contributed by atoms with E-state index >= 15 is 0 Å². The van der Waals surface area contributed by atoms with Gasteiger partial charge in [0, 0.05) is 6.54 Å².